The summed E-state index contributed by atoms with van der Waals surface area (Å²) < 4.78 is 13.6. The van der Waals surface area contributed by atoms with Crippen molar-refractivity contribution in [1.29, 1.82) is 0 Å². The number of aliphatic carboxylic acids is 1. The van der Waals surface area contributed by atoms with Gasteiger partial charge >= 0.3 is 5.97 Å². The van der Waals surface area contributed by atoms with Crippen LogP contribution in [0.15, 0.2) is 78.4 Å². The van der Waals surface area contributed by atoms with Crippen molar-refractivity contribution in [3.8, 4) is 0 Å². The van der Waals surface area contributed by atoms with Gasteiger partial charge in [0, 0.05) is 11.8 Å². The SMILES string of the molecule is O=C(O)CC(O)CC(O)C=CC1=C(c2ccc(F)cc2)C=C(c2ccccc2)C12CCCC2. The Balaban J connectivity index is 1.74. The van der Waals surface area contributed by atoms with Crippen LogP contribution in [-0.4, -0.2) is 33.5 Å². The van der Waals surface area contributed by atoms with Gasteiger partial charge in [-0.2, -0.15) is 0 Å². The van der Waals surface area contributed by atoms with E-state index in [0.29, 0.717) is 0 Å². The first-order chi connectivity index (χ1) is 15.9. The smallest absolute Gasteiger partial charge is 0.305 e. The van der Waals surface area contributed by atoms with Gasteiger partial charge in [-0.25, -0.2) is 4.39 Å². The van der Waals surface area contributed by atoms with Crippen LogP contribution in [0.5, 0.6) is 0 Å². The quantitative estimate of drug-likeness (QED) is 0.507. The van der Waals surface area contributed by atoms with E-state index in [-0.39, 0.29) is 17.7 Å². The lowest BCUT2D eigenvalue weighted by atomic mass is 9.72. The number of hydrogen-bond acceptors (Lipinski definition) is 3. The van der Waals surface area contributed by atoms with E-state index in [2.05, 4.69) is 18.2 Å². The highest BCUT2D eigenvalue weighted by Crippen LogP contribution is 2.59. The molecule has 33 heavy (non-hydrogen) atoms. The number of aliphatic hydroxyl groups excluding tert-OH is 2. The number of carbonyl (C=O) groups is 1. The summed E-state index contributed by atoms with van der Waals surface area (Å²) in [7, 11) is 0. The third-order valence-electron chi connectivity index (χ3n) is 6.72. The molecular formula is C28H29FO4. The monoisotopic (exact) mass is 448 g/mol. The lowest BCUT2D eigenvalue weighted by Gasteiger charge is -2.31. The van der Waals surface area contributed by atoms with Crippen molar-refractivity contribution in [1.82, 2.24) is 0 Å². The van der Waals surface area contributed by atoms with Crippen molar-refractivity contribution in [2.45, 2.75) is 50.7 Å². The molecule has 4 nitrogen and oxygen atoms in total. The summed E-state index contributed by atoms with van der Waals surface area (Å²) in [4.78, 5) is 10.8. The van der Waals surface area contributed by atoms with E-state index < -0.39 is 24.6 Å². The van der Waals surface area contributed by atoms with Crippen LogP contribution in [0.3, 0.4) is 0 Å². The molecule has 0 aromatic heterocycles. The Morgan fingerprint density at radius 3 is 2.30 bits per heavy atom. The number of halogens is 1. The van der Waals surface area contributed by atoms with Crippen molar-refractivity contribution >= 4 is 17.1 Å². The van der Waals surface area contributed by atoms with Gasteiger partial charge in [0.15, 0.2) is 0 Å². The van der Waals surface area contributed by atoms with Gasteiger partial charge in [0.1, 0.15) is 5.82 Å². The molecule has 1 saturated carbocycles. The first-order valence-corrected chi connectivity index (χ1v) is 11.4. The van der Waals surface area contributed by atoms with E-state index in [9.17, 15) is 19.4 Å². The number of allylic oxidation sites excluding steroid dienone is 5. The molecule has 0 saturated heterocycles. The Morgan fingerprint density at radius 1 is 1.00 bits per heavy atom. The highest BCUT2D eigenvalue weighted by molar-refractivity contribution is 5.96. The van der Waals surface area contributed by atoms with Gasteiger partial charge in [-0.3, -0.25) is 4.79 Å². The molecule has 2 aromatic carbocycles. The molecule has 2 unspecified atom stereocenters. The minimum Gasteiger partial charge on any atom is -0.481 e. The summed E-state index contributed by atoms with van der Waals surface area (Å²) in [5.74, 6) is -1.39. The largest absolute Gasteiger partial charge is 0.481 e. The second-order valence-corrected chi connectivity index (χ2v) is 8.96. The maximum absolute atomic E-state index is 13.6. The summed E-state index contributed by atoms with van der Waals surface area (Å²) in [5.41, 5.74) is 5.19. The van der Waals surface area contributed by atoms with Crippen LogP contribution >= 0.6 is 0 Å². The Kier molecular flexibility index (Phi) is 6.91. The van der Waals surface area contributed by atoms with Gasteiger partial charge in [0.25, 0.3) is 0 Å². The zero-order valence-corrected chi connectivity index (χ0v) is 18.5. The lowest BCUT2D eigenvalue weighted by molar-refractivity contribution is -0.139. The van der Waals surface area contributed by atoms with Gasteiger partial charge < -0.3 is 15.3 Å². The maximum atomic E-state index is 13.6. The predicted molar refractivity (Wildman–Crippen MR) is 127 cm³/mol. The van der Waals surface area contributed by atoms with E-state index in [0.717, 1.165) is 48.0 Å². The number of benzene rings is 2. The zero-order valence-electron chi connectivity index (χ0n) is 18.5. The first kappa shape index (κ1) is 23.1. The highest BCUT2D eigenvalue weighted by atomic mass is 19.1. The molecule has 1 spiro atoms. The van der Waals surface area contributed by atoms with E-state index in [1.165, 1.54) is 17.7 Å². The van der Waals surface area contributed by atoms with Crippen LogP contribution in [0.2, 0.25) is 0 Å². The molecule has 1 fully saturated rings. The lowest BCUT2D eigenvalue weighted by Crippen LogP contribution is -2.20. The number of hydrogen-bond donors (Lipinski definition) is 3. The Bertz CT molecular complexity index is 1080. The van der Waals surface area contributed by atoms with Crippen molar-refractivity contribution in [2.24, 2.45) is 5.41 Å². The Morgan fingerprint density at radius 2 is 1.67 bits per heavy atom. The molecule has 0 bridgehead atoms. The van der Waals surface area contributed by atoms with Gasteiger partial charge in [0.05, 0.1) is 18.6 Å². The minimum atomic E-state index is -1.12. The number of aliphatic hydroxyl groups is 2. The first-order valence-electron chi connectivity index (χ1n) is 11.4. The summed E-state index contributed by atoms with van der Waals surface area (Å²) >= 11 is 0. The molecule has 3 N–H and O–H groups in total. The van der Waals surface area contributed by atoms with E-state index in [1.54, 1.807) is 18.2 Å². The second kappa shape index (κ2) is 9.86. The Hall–Kier alpha value is -3.02. The average molecular weight is 449 g/mol. The summed E-state index contributed by atoms with van der Waals surface area (Å²) in [6.07, 6.45) is 7.38. The third-order valence-corrected chi connectivity index (χ3v) is 6.72. The van der Waals surface area contributed by atoms with Crippen LogP contribution < -0.4 is 0 Å². The fourth-order valence-electron chi connectivity index (χ4n) is 5.22. The van der Waals surface area contributed by atoms with Crippen molar-refractivity contribution in [3.63, 3.8) is 0 Å². The van der Waals surface area contributed by atoms with E-state index in [4.69, 9.17) is 5.11 Å². The normalized spacial score (nSPS) is 19.3. The third kappa shape index (κ3) is 5.00. The van der Waals surface area contributed by atoms with Crippen molar-refractivity contribution in [2.75, 3.05) is 0 Å². The van der Waals surface area contributed by atoms with Crippen molar-refractivity contribution in [3.05, 3.63) is 95.3 Å². The fraction of sp³-hybridized carbons (Fsp3) is 0.321. The van der Waals surface area contributed by atoms with Gasteiger partial charge in [0.2, 0.25) is 0 Å². The van der Waals surface area contributed by atoms with Crippen LogP contribution in [0.4, 0.5) is 4.39 Å². The second-order valence-electron chi connectivity index (χ2n) is 8.96. The van der Waals surface area contributed by atoms with Crippen LogP contribution in [0, 0.1) is 11.2 Å². The van der Waals surface area contributed by atoms with Crippen LogP contribution in [-0.2, 0) is 4.79 Å². The molecule has 2 aromatic rings. The molecule has 0 aliphatic heterocycles. The number of rotatable bonds is 8. The van der Waals surface area contributed by atoms with E-state index in [1.807, 2.05) is 24.3 Å². The molecule has 172 valence electrons. The molecule has 2 aliphatic carbocycles. The Labute approximate surface area is 193 Å². The molecule has 0 radical (unpaired) electrons. The number of carboxylic acids is 1. The minimum absolute atomic E-state index is 0.0477. The topological polar surface area (TPSA) is 77.8 Å². The van der Waals surface area contributed by atoms with Gasteiger partial charge in [-0.05, 0) is 58.9 Å². The molecule has 2 atom stereocenters. The zero-order chi connectivity index (χ0) is 23.4. The average Bonchev–Trinajstić information content (AvgIpc) is 3.39. The van der Waals surface area contributed by atoms with Crippen LogP contribution in [0.25, 0.3) is 11.1 Å². The molecule has 2 aliphatic rings. The molecular weight excluding hydrogens is 419 g/mol. The summed E-state index contributed by atoms with van der Waals surface area (Å²) in [6.45, 7) is 0. The maximum Gasteiger partial charge on any atom is 0.305 e. The standard InChI is InChI=1S/C28H29FO4/c29-21-10-8-19(9-11-21)24-18-26(20-6-2-1-3-7-20)28(14-4-5-15-28)25(24)13-12-22(30)16-23(31)17-27(32)33/h1-3,6-13,18,22-23,30-31H,4-5,14-17H2,(H,32,33). The van der Waals surface area contributed by atoms with Gasteiger partial charge in [-0.15, -0.1) is 0 Å². The fourth-order valence-corrected chi connectivity index (χ4v) is 5.22. The van der Waals surface area contributed by atoms with E-state index >= 15 is 0 Å². The summed E-state index contributed by atoms with van der Waals surface area (Å²) in [5, 5.41) is 29.2. The summed E-state index contributed by atoms with van der Waals surface area (Å²) in [6, 6.07) is 16.7. The molecule has 0 amide bonds. The van der Waals surface area contributed by atoms with Crippen molar-refractivity contribution < 1.29 is 24.5 Å². The molecule has 0 heterocycles. The number of carboxylic acid groups (broad SMARTS) is 1. The van der Waals surface area contributed by atoms with Crippen LogP contribution in [0.1, 0.15) is 49.7 Å². The highest BCUT2D eigenvalue weighted by Gasteiger charge is 2.45. The van der Waals surface area contributed by atoms with Gasteiger partial charge in [-0.1, -0.05) is 67.5 Å². The molecule has 4 rings (SSSR count). The molecule has 5 heteroatoms. The predicted octanol–water partition coefficient (Wildman–Crippen LogP) is 5.38.